The van der Waals surface area contributed by atoms with E-state index in [1.165, 1.54) is 4.90 Å². The molecule has 1 heterocycles. The second kappa shape index (κ2) is 6.80. The number of urea groups is 1. The molecule has 0 aromatic carbocycles. The van der Waals surface area contributed by atoms with Crippen LogP contribution in [-0.2, 0) is 14.3 Å². The first-order valence-electron chi connectivity index (χ1n) is 5.65. The Labute approximate surface area is 104 Å². The lowest BCUT2D eigenvalue weighted by atomic mass is 10.2. The number of nitrogens with two attached hydrogens (primary N) is 1. The first kappa shape index (κ1) is 14.2. The van der Waals surface area contributed by atoms with Crippen molar-refractivity contribution in [1.29, 1.82) is 0 Å². The van der Waals surface area contributed by atoms with Gasteiger partial charge in [0.15, 0.2) is 6.04 Å². The number of ether oxygens (including phenoxy) is 1. The van der Waals surface area contributed by atoms with Crippen LogP contribution in [0.2, 0.25) is 0 Å². The normalized spacial score (nSPS) is 19.3. The predicted molar refractivity (Wildman–Crippen MR) is 60.8 cm³/mol. The smallest absolute Gasteiger partial charge is 0.328 e. The van der Waals surface area contributed by atoms with E-state index in [-0.39, 0.29) is 26.1 Å². The topological polar surface area (TPSA) is 122 Å². The zero-order chi connectivity index (χ0) is 13.5. The van der Waals surface area contributed by atoms with Crippen molar-refractivity contribution >= 4 is 17.9 Å². The Morgan fingerprint density at radius 1 is 1.44 bits per heavy atom. The first-order valence-corrected chi connectivity index (χ1v) is 5.65. The van der Waals surface area contributed by atoms with E-state index in [2.05, 4.69) is 5.32 Å². The number of amides is 3. The standard InChI is InChI=1S/C10H17N3O5/c11-8(14)2-1-3-12-10(17)13-4-5-18-6-7(13)9(15)16/h7H,1-6H2,(H2,11,14)(H,12,17)(H,15,16). The van der Waals surface area contributed by atoms with E-state index >= 15 is 0 Å². The van der Waals surface area contributed by atoms with E-state index in [4.69, 9.17) is 15.6 Å². The van der Waals surface area contributed by atoms with Gasteiger partial charge >= 0.3 is 12.0 Å². The highest BCUT2D eigenvalue weighted by atomic mass is 16.5. The van der Waals surface area contributed by atoms with Crippen LogP contribution in [0.3, 0.4) is 0 Å². The number of carboxylic acid groups (broad SMARTS) is 1. The lowest BCUT2D eigenvalue weighted by Gasteiger charge is -2.32. The number of hydrogen-bond acceptors (Lipinski definition) is 4. The average molecular weight is 259 g/mol. The van der Waals surface area contributed by atoms with Crippen molar-refractivity contribution in [2.45, 2.75) is 18.9 Å². The molecule has 0 radical (unpaired) electrons. The number of morpholine rings is 1. The number of carbonyl (C=O) groups excluding carboxylic acids is 2. The number of hydrogen-bond donors (Lipinski definition) is 3. The molecule has 8 heteroatoms. The van der Waals surface area contributed by atoms with Gasteiger partial charge < -0.3 is 25.8 Å². The number of aliphatic carboxylic acids is 1. The van der Waals surface area contributed by atoms with Gasteiger partial charge in [-0.1, -0.05) is 0 Å². The van der Waals surface area contributed by atoms with Crippen molar-refractivity contribution in [3.63, 3.8) is 0 Å². The lowest BCUT2D eigenvalue weighted by molar-refractivity contribution is -0.147. The van der Waals surface area contributed by atoms with Gasteiger partial charge in [0.05, 0.1) is 13.2 Å². The van der Waals surface area contributed by atoms with Crippen LogP contribution in [0, 0.1) is 0 Å². The van der Waals surface area contributed by atoms with Crippen molar-refractivity contribution in [2.24, 2.45) is 5.73 Å². The molecule has 0 aliphatic carbocycles. The number of rotatable bonds is 5. The molecule has 4 N–H and O–H groups in total. The Bertz CT molecular complexity index is 333. The molecule has 8 nitrogen and oxygen atoms in total. The molecule has 1 rings (SSSR count). The largest absolute Gasteiger partial charge is 0.480 e. The summed E-state index contributed by atoms with van der Waals surface area (Å²) in [6, 6.07) is -1.43. The van der Waals surface area contributed by atoms with Crippen LogP contribution >= 0.6 is 0 Å². The fraction of sp³-hybridized carbons (Fsp3) is 0.700. The van der Waals surface area contributed by atoms with Crippen molar-refractivity contribution in [3.05, 3.63) is 0 Å². The van der Waals surface area contributed by atoms with Gasteiger partial charge in [-0.3, -0.25) is 4.79 Å². The minimum atomic E-state index is -1.10. The van der Waals surface area contributed by atoms with Crippen LogP contribution < -0.4 is 11.1 Å². The average Bonchev–Trinajstić information content (AvgIpc) is 2.34. The molecule has 0 spiro atoms. The van der Waals surface area contributed by atoms with Gasteiger partial charge in [-0.05, 0) is 6.42 Å². The molecule has 0 bridgehead atoms. The van der Waals surface area contributed by atoms with Gasteiger partial charge in [0, 0.05) is 19.5 Å². The van der Waals surface area contributed by atoms with Crippen LogP contribution in [-0.4, -0.2) is 60.3 Å². The van der Waals surface area contributed by atoms with Crippen LogP contribution in [0.5, 0.6) is 0 Å². The monoisotopic (exact) mass is 259 g/mol. The lowest BCUT2D eigenvalue weighted by Crippen LogP contribution is -2.55. The molecule has 102 valence electrons. The van der Waals surface area contributed by atoms with E-state index < -0.39 is 23.9 Å². The third-order valence-corrected chi connectivity index (χ3v) is 2.55. The summed E-state index contributed by atoms with van der Waals surface area (Å²) < 4.78 is 5.02. The van der Waals surface area contributed by atoms with Gasteiger partial charge in [0.1, 0.15) is 0 Å². The SMILES string of the molecule is NC(=O)CCCNC(=O)N1CCOCC1C(=O)O. The van der Waals surface area contributed by atoms with Gasteiger partial charge in [0.25, 0.3) is 0 Å². The molecule has 0 aromatic rings. The molecule has 1 saturated heterocycles. The number of nitrogens with one attached hydrogen (secondary N) is 1. The minimum Gasteiger partial charge on any atom is -0.480 e. The zero-order valence-corrected chi connectivity index (χ0v) is 9.92. The number of nitrogens with zero attached hydrogens (tertiary/aromatic N) is 1. The summed E-state index contributed by atoms with van der Waals surface area (Å²) in [6.45, 7) is 0.826. The summed E-state index contributed by atoms with van der Waals surface area (Å²) in [4.78, 5) is 34.4. The van der Waals surface area contributed by atoms with Crippen LogP contribution in [0.25, 0.3) is 0 Å². The van der Waals surface area contributed by atoms with Crippen molar-refractivity contribution in [1.82, 2.24) is 10.2 Å². The molecule has 1 unspecified atom stereocenters. The molecule has 1 fully saturated rings. The van der Waals surface area contributed by atoms with Crippen molar-refractivity contribution < 1.29 is 24.2 Å². The van der Waals surface area contributed by atoms with Crippen LogP contribution in [0.1, 0.15) is 12.8 Å². The highest BCUT2D eigenvalue weighted by Gasteiger charge is 2.32. The van der Waals surface area contributed by atoms with Crippen molar-refractivity contribution in [3.8, 4) is 0 Å². The summed E-state index contributed by atoms with van der Waals surface area (Å²) in [6.07, 6.45) is 0.620. The van der Waals surface area contributed by atoms with Gasteiger partial charge in [-0.25, -0.2) is 9.59 Å². The molecule has 1 aliphatic heterocycles. The van der Waals surface area contributed by atoms with E-state index in [9.17, 15) is 14.4 Å². The Balaban J connectivity index is 2.38. The Kier molecular flexibility index (Phi) is 5.37. The fourth-order valence-corrected chi connectivity index (χ4v) is 1.61. The Morgan fingerprint density at radius 2 is 2.17 bits per heavy atom. The van der Waals surface area contributed by atoms with Crippen LogP contribution in [0.4, 0.5) is 4.79 Å². The summed E-state index contributed by atoms with van der Waals surface area (Å²) >= 11 is 0. The molecule has 1 aliphatic rings. The molecule has 3 amide bonds. The van der Waals surface area contributed by atoms with E-state index in [1.807, 2.05) is 0 Å². The van der Waals surface area contributed by atoms with Gasteiger partial charge in [-0.2, -0.15) is 0 Å². The predicted octanol–water partition coefficient (Wildman–Crippen LogP) is -1.25. The summed E-state index contributed by atoms with van der Waals surface area (Å²) in [7, 11) is 0. The third kappa shape index (κ3) is 4.21. The maximum absolute atomic E-state index is 11.7. The highest BCUT2D eigenvalue weighted by molar-refractivity contribution is 5.83. The van der Waals surface area contributed by atoms with Gasteiger partial charge in [0.2, 0.25) is 5.91 Å². The quantitative estimate of drug-likeness (QED) is 0.532. The fourth-order valence-electron chi connectivity index (χ4n) is 1.61. The second-order valence-corrected chi connectivity index (χ2v) is 3.92. The highest BCUT2D eigenvalue weighted by Crippen LogP contribution is 2.07. The number of carboxylic acids is 1. The molecule has 18 heavy (non-hydrogen) atoms. The van der Waals surface area contributed by atoms with E-state index in [0.717, 1.165) is 0 Å². The van der Waals surface area contributed by atoms with Crippen LogP contribution in [0.15, 0.2) is 0 Å². The minimum absolute atomic E-state index is 0.00988. The van der Waals surface area contributed by atoms with E-state index in [0.29, 0.717) is 13.0 Å². The number of carbonyl (C=O) groups is 3. The maximum Gasteiger partial charge on any atom is 0.328 e. The first-order chi connectivity index (χ1) is 8.52. The third-order valence-electron chi connectivity index (χ3n) is 2.55. The molecular weight excluding hydrogens is 242 g/mol. The molecule has 0 aromatic heterocycles. The summed E-state index contributed by atoms with van der Waals surface area (Å²) in [5, 5.41) is 11.5. The zero-order valence-electron chi connectivity index (χ0n) is 9.92. The van der Waals surface area contributed by atoms with Crippen molar-refractivity contribution in [2.75, 3.05) is 26.3 Å². The summed E-state index contributed by atoms with van der Waals surface area (Å²) in [5.41, 5.74) is 4.96. The maximum atomic E-state index is 11.7. The summed E-state index contributed by atoms with van der Waals surface area (Å²) in [5.74, 6) is -1.53. The second-order valence-electron chi connectivity index (χ2n) is 3.92. The Hall–Kier alpha value is -1.83. The van der Waals surface area contributed by atoms with Gasteiger partial charge in [-0.15, -0.1) is 0 Å². The molecular formula is C10H17N3O5. The molecule has 1 atom stereocenters. The van der Waals surface area contributed by atoms with E-state index in [1.54, 1.807) is 0 Å². The Morgan fingerprint density at radius 3 is 2.78 bits per heavy atom. The molecule has 0 saturated carbocycles. The number of primary amides is 1.